The number of ether oxygens (including phenoxy) is 1. The SMILES string of the molecule is CC1CC(C)CC(Oc2cc(F)cc(C(=O)O)c2)C1. The van der Waals surface area contributed by atoms with Crippen molar-refractivity contribution in [2.24, 2.45) is 11.8 Å². The Morgan fingerprint density at radius 3 is 2.42 bits per heavy atom. The Morgan fingerprint density at radius 2 is 1.84 bits per heavy atom. The Balaban J connectivity index is 2.12. The van der Waals surface area contributed by atoms with Gasteiger partial charge in [0, 0.05) is 6.07 Å². The highest BCUT2D eigenvalue weighted by Crippen LogP contribution is 2.31. The first-order chi connectivity index (χ1) is 8.94. The van der Waals surface area contributed by atoms with Gasteiger partial charge in [0.15, 0.2) is 0 Å². The Bertz CT molecular complexity index is 462. The lowest BCUT2D eigenvalue weighted by Gasteiger charge is -2.31. The molecule has 19 heavy (non-hydrogen) atoms. The van der Waals surface area contributed by atoms with E-state index >= 15 is 0 Å². The molecule has 0 bridgehead atoms. The van der Waals surface area contributed by atoms with Crippen LogP contribution in [-0.4, -0.2) is 17.2 Å². The third kappa shape index (κ3) is 3.69. The molecule has 0 spiro atoms. The summed E-state index contributed by atoms with van der Waals surface area (Å²) in [6.07, 6.45) is 3.10. The van der Waals surface area contributed by atoms with E-state index in [-0.39, 0.29) is 11.7 Å². The Hall–Kier alpha value is -1.58. The summed E-state index contributed by atoms with van der Waals surface area (Å²) in [7, 11) is 0. The van der Waals surface area contributed by atoms with Gasteiger partial charge in [-0.05, 0) is 43.2 Å². The molecule has 3 nitrogen and oxygen atoms in total. The fraction of sp³-hybridized carbons (Fsp3) is 0.533. The molecule has 2 rings (SSSR count). The van der Waals surface area contributed by atoms with Crippen molar-refractivity contribution in [3.8, 4) is 5.75 Å². The number of hydrogen-bond acceptors (Lipinski definition) is 2. The maximum absolute atomic E-state index is 13.4. The second kappa shape index (κ2) is 5.59. The largest absolute Gasteiger partial charge is 0.490 e. The van der Waals surface area contributed by atoms with Crippen molar-refractivity contribution in [2.45, 2.75) is 39.2 Å². The normalized spacial score (nSPS) is 27.0. The number of aromatic carboxylic acids is 1. The van der Waals surface area contributed by atoms with E-state index in [4.69, 9.17) is 9.84 Å². The van der Waals surface area contributed by atoms with Gasteiger partial charge in [-0.3, -0.25) is 0 Å². The van der Waals surface area contributed by atoms with E-state index in [0.29, 0.717) is 17.6 Å². The predicted octanol–water partition coefficient (Wildman–Crippen LogP) is 3.73. The number of rotatable bonds is 3. The van der Waals surface area contributed by atoms with E-state index in [0.717, 1.165) is 18.9 Å². The maximum Gasteiger partial charge on any atom is 0.335 e. The summed E-state index contributed by atoms with van der Waals surface area (Å²) in [6, 6.07) is 3.63. The average molecular weight is 266 g/mol. The molecule has 4 heteroatoms. The van der Waals surface area contributed by atoms with E-state index in [2.05, 4.69) is 13.8 Å². The molecule has 2 unspecified atom stereocenters. The third-order valence-corrected chi connectivity index (χ3v) is 3.56. The number of halogens is 1. The molecule has 1 saturated carbocycles. The molecule has 1 aliphatic carbocycles. The molecule has 104 valence electrons. The summed E-state index contributed by atoms with van der Waals surface area (Å²) in [5.41, 5.74) is -0.0769. The molecule has 2 atom stereocenters. The van der Waals surface area contributed by atoms with Crippen LogP contribution in [-0.2, 0) is 0 Å². The summed E-state index contributed by atoms with van der Waals surface area (Å²) in [6.45, 7) is 4.36. The molecule has 0 heterocycles. The van der Waals surface area contributed by atoms with Crippen LogP contribution in [0.15, 0.2) is 18.2 Å². The van der Waals surface area contributed by atoms with Crippen LogP contribution in [0.5, 0.6) is 5.75 Å². The number of carbonyl (C=O) groups is 1. The van der Waals surface area contributed by atoms with Crippen molar-refractivity contribution < 1.29 is 19.0 Å². The predicted molar refractivity (Wildman–Crippen MR) is 70.0 cm³/mol. The topological polar surface area (TPSA) is 46.5 Å². The van der Waals surface area contributed by atoms with Crippen molar-refractivity contribution in [1.29, 1.82) is 0 Å². The van der Waals surface area contributed by atoms with Crippen LogP contribution in [0.3, 0.4) is 0 Å². The molecule has 0 aromatic heterocycles. The lowest BCUT2D eigenvalue weighted by atomic mass is 9.82. The highest BCUT2D eigenvalue weighted by Gasteiger charge is 2.25. The molecule has 0 amide bonds. The lowest BCUT2D eigenvalue weighted by Crippen LogP contribution is -2.28. The van der Waals surface area contributed by atoms with Crippen LogP contribution in [0.4, 0.5) is 4.39 Å². The van der Waals surface area contributed by atoms with Crippen LogP contribution in [0.25, 0.3) is 0 Å². The van der Waals surface area contributed by atoms with Crippen molar-refractivity contribution in [1.82, 2.24) is 0 Å². The van der Waals surface area contributed by atoms with Crippen molar-refractivity contribution in [3.05, 3.63) is 29.6 Å². The molecule has 0 saturated heterocycles. The maximum atomic E-state index is 13.4. The van der Waals surface area contributed by atoms with E-state index < -0.39 is 11.8 Å². The van der Waals surface area contributed by atoms with Gasteiger partial charge in [0.05, 0.1) is 11.7 Å². The first-order valence-corrected chi connectivity index (χ1v) is 6.64. The van der Waals surface area contributed by atoms with Gasteiger partial charge in [-0.2, -0.15) is 0 Å². The Labute approximate surface area is 112 Å². The van der Waals surface area contributed by atoms with Gasteiger partial charge in [0.25, 0.3) is 0 Å². The second-order valence-electron chi connectivity index (χ2n) is 5.64. The molecular formula is C15H19FO3. The molecular weight excluding hydrogens is 247 g/mol. The molecule has 1 aliphatic rings. The summed E-state index contributed by atoms with van der Waals surface area (Å²) < 4.78 is 19.1. The van der Waals surface area contributed by atoms with E-state index in [9.17, 15) is 9.18 Å². The fourth-order valence-corrected chi connectivity index (χ4v) is 2.92. The van der Waals surface area contributed by atoms with Crippen LogP contribution < -0.4 is 4.74 Å². The first-order valence-electron chi connectivity index (χ1n) is 6.64. The van der Waals surface area contributed by atoms with Crippen LogP contribution >= 0.6 is 0 Å². The third-order valence-electron chi connectivity index (χ3n) is 3.56. The summed E-state index contributed by atoms with van der Waals surface area (Å²) in [5.74, 6) is -0.243. The van der Waals surface area contributed by atoms with Gasteiger partial charge in [0.1, 0.15) is 11.6 Å². The van der Waals surface area contributed by atoms with Crippen molar-refractivity contribution >= 4 is 5.97 Å². The summed E-state index contributed by atoms with van der Waals surface area (Å²) >= 11 is 0. The number of carboxylic acids is 1. The van der Waals surface area contributed by atoms with Gasteiger partial charge in [-0.1, -0.05) is 13.8 Å². The molecule has 1 fully saturated rings. The minimum absolute atomic E-state index is 0.0437. The summed E-state index contributed by atoms with van der Waals surface area (Å²) in [4.78, 5) is 10.9. The van der Waals surface area contributed by atoms with Gasteiger partial charge in [0.2, 0.25) is 0 Å². The van der Waals surface area contributed by atoms with E-state index in [1.807, 2.05) is 0 Å². The van der Waals surface area contributed by atoms with Gasteiger partial charge in [-0.15, -0.1) is 0 Å². The molecule has 1 N–H and O–H groups in total. The Kier molecular flexibility index (Phi) is 4.08. The smallest absolute Gasteiger partial charge is 0.335 e. The highest BCUT2D eigenvalue weighted by molar-refractivity contribution is 5.88. The number of benzene rings is 1. The second-order valence-corrected chi connectivity index (χ2v) is 5.64. The van der Waals surface area contributed by atoms with E-state index in [1.54, 1.807) is 0 Å². The number of hydrogen-bond donors (Lipinski definition) is 1. The minimum Gasteiger partial charge on any atom is -0.490 e. The molecule has 0 aliphatic heterocycles. The van der Waals surface area contributed by atoms with Gasteiger partial charge in [-0.25, -0.2) is 9.18 Å². The first kappa shape index (κ1) is 13.8. The molecule has 0 radical (unpaired) electrons. The van der Waals surface area contributed by atoms with Gasteiger partial charge < -0.3 is 9.84 Å². The highest BCUT2D eigenvalue weighted by atomic mass is 19.1. The molecule has 1 aromatic carbocycles. The zero-order chi connectivity index (χ0) is 14.0. The van der Waals surface area contributed by atoms with Crippen LogP contribution in [0.2, 0.25) is 0 Å². The standard InChI is InChI=1S/C15H19FO3/c1-9-3-10(2)5-13(4-9)19-14-7-11(15(17)18)6-12(16)8-14/h6-10,13H,3-5H2,1-2H3,(H,17,18). The van der Waals surface area contributed by atoms with Crippen LogP contribution in [0, 0.1) is 17.7 Å². The van der Waals surface area contributed by atoms with Gasteiger partial charge >= 0.3 is 5.97 Å². The van der Waals surface area contributed by atoms with Crippen LogP contribution in [0.1, 0.15) is 43.5 Å². The number of carboxylic acid groups (broad SMARTS) is 1. The quantitative estimate of drug-likeness (QED) is 0.906. The fourth-order valence-electron chi connectivity index (χ4n) is 2.92. The Morgan fingerprint density at radius 1 is 1.21 bits per heavy atom. The van der Waals surface area contributed by atoms with E-state index in [1.165, 1.54) is 18.6 Å². The van der Waals surface area contributed by atoms with Crippen molar-refractivity contribution in [3.63, 3.8) is 0 Å². The molecule has 1 aromatic rings. The average Bonchev–Trinajstić information content (AvgIpc) is 2.26. The zero-order valence-electron chi connectivity index (χ0n) is 11.2. The monoisotopic (exact) mass is 266 g/mol. The minimum atomic E-state index is -1.14. The summed E-state index contributed by atoms with van der Waals surface area (Å²) in [5, 5.41) is 8.90. The van der Waals surface area contributed by atoms with Crippen molar-refractivity contribution in [2.75, 3.05) is 0 Å². The zero-order valence-corrected chi connectivity index (χ0v) is 11.2. The lowest BCUT2D eigenvalue weighted by molar-refractivity contribution is 0.0693.